The summed E-state index contributed by atoms with van der Waals surface area (Å²) in [4.78, 5) is 0. The number of hydrogen-bond donors (Lipinski definition) is 0. The molecule has 21 heavy (non-hydrogen) atoms. The number of hydrogen-bond acceptors (Lipinski definition) is 0. The average Bonchev–Trinajstić information content (AvgIpc) is 2.40. The van der Waals surface area contributed by atoms with Crippen molar-refractivity contribution in [1.82, 2.24) is 0 Å². The van der Waals surface area contributed by atoms with Crippen LogP contribution in [0.2, 0.25) is 0 Å². The Labute approximate surface area is 164 Å². The summed E-state index contributed by atoms with van der Waals surface area (Å²) in [5, 5.41) is 0. The van der Waals surface area contributed by atoms with Crippen LogP contribution in [0.15, 0.2) is 46.6 Å². The van der Waals surface area contributed by atoms with Crippen molar-refractivity contribution in [1.29, 1.82) is 0 Å². The molecule has 0 spiro atoms. The van der Waals surface area contributed by atoms with Crippen LogP contribution < -0.4 is 0 Å². The number of benzene rings is 2. The minimum Gasteiger partial charge on any atom is -0.246 e. The Kier molecular flexibility index (Phi) is 8.56. The van der Waals surface area contributed by atoms with Gasteiger partial charge in [-0.1, -0.05) is 15.9 Å². The third-order valence-electron chi connectivity index (χ3n) is 2.34. The molecule has 0 saturated carbocycles. The van der Waals surface area contributed by atoms with Crippen LogP contribution >= 0.6 is 79.6 Å². The van der Waals surface area contributed by atoms with Gasteiger partial charge in [0.1, 0.15) is 6.67 Å². The van der Waals surface area contributed by atoms with Crippen LogP contribution in [0.1, 0.15) is 11.1 Å². The minimum atomic E-state index is -0.460. The third kappa shape index (κ3) is 6.01. The number of rotatable bonds is 1. The zero-order chi connectivity index (χ0) is 16.2. The van der Waals surface area contributed by atoms with Gasteiger partial charge in [0.15, 0.2) is 5.82 Å². The molecule has 7 heteroatoms. The molecule has 0 nitrogen and oxygen atoms in total. The third-order valence-corrected chi connectivity index (χ3v) is 6.05. The molecule has 2 aromatic carbocycles. The van der Waals surface area contributed by atoms with Gasteiger partial charge in [0.25, 0.3) is 0 Å². The number of aryl methyl sites for hydroxylation is 1. The quantitative estimate of drug-likeness (QED) is 0.225. The molecule has 0 saturated heterocycles. The lowest BCUT2D eigenvalue weighted by atomic mass is 10.2. The van der Waals surface area contributed by atoms with E-state index in [4.69, 9.17) is 0 Å². The van der Waals surface area contributed by atoms with Gasteiger partial charge >= 0.3 is 0 Å². The standard InChI is InChI=1S/C7H4Br3F.C7H5Br2F/c8-5-1-4(3-11)7(10)6(9)2-5;1-4-2-5(8)7(10)6(9)3-4/h1-2H,3H2;2-3H,1H3. The van der Waals surface area contributed by atoms with Gasteiger partial charge in [0.05, 0.1) is 8.95 Å². The SMILES string of the molecule is Cc1cc(Br)c(F)c(Br)c1.FCc1cc(Br)cc(Br)c1Br. The maximum absolute atomic E-state index is 12.8. The molecule has 0 amide bonds. The molecule has 0 bridgehead atoms. The predicted octanol–water partition coefficient (Wildman–Crippen LogP) is 8.10. The largest absolute Gasteiger partial charge is 0.246 e. The summed E-state index contributed by atoms with van der Waals surface area (Å²) in [6.45, 7) is 1.45. The number of alkyl halides is 1. The smallest absolute Gasteiger partial charge is 0.151 e. The molecule has 0 aliphatic rings. The molecule has 0 heterocycles. The van der Waals surface area contributed by atoms with Crippen molar-refractivity contribution < 1.29 is 8.78 Å². The molecule has 0 aliphatic heterocycles. The fourth-order valence-corrected chi connectivity index (χ4v) is 4.45. The summed E-state index contributed by atoms with van der Waals surface area (Å²) in [7, 11) is 0. The van der Waals surface area contributed by atoms with Crippen molar-refractivity contribution in [3.8, 4) is 0 Å². The monoisotopic (exact) mass is 610 g/mol. The van der Waals surface area contributed by atoms with E-state index in [1.165, 1.54) is 0 Å². The maximum atomic E-state index is 12.8. The summed E-state index contributed by atoms with van der Waals surface area (Å²) < 4.78 is 28.6. The van der Waals surface area contributed by atoms with Crippen LogP contribution in [0.25, 0.3) is 0 Å². The molecule has 2 rings (SSSR count). The highest BCUT2D eigenvalue weighted by Gasteiger charge is 2.05. The highest BCUT2D eigenvalue weighted by Crippen LogP contribution is 2.31. The van der Waals surface area contributed by atoms with Crippen molar-refractivity contribution >= 4 is 79.6 Å². The van der Waals surface area contributed by atoms with Crippen LogP contribution in [0, 0.1) is 12.7 Å². The molecule has 0 atom stereocenters. The predicted molar refractivity (Wildman–Crippen MR) is 101 cm³/mol. The van der Waals surface area contributed by atoms with E-state index in [-0.39, 0.29) is 5.82 Å². The van der Waals surface area contributed by atoms with Crippen molar-refractivity contribution in [2.24, 2.45) is 0 Å². The summed E-state index contributed by atoms with van der Waals surface area (Å²) in [5.74, 6) is -0.245. The van der Waals surface area contributed by atoms with E-state index >= 15 is 0 Å². The van der Waals surface area contributed by atoms with E-state index in [0.29, 0.717) is 14.5 Å². The minimum absolute atomic E-state index is 0.245. The fraction of sp³-hybridized carbons (Fsp3) is 0.143. The first-order valence-electron chi connectivity index (χ1n) is 5.56. The lowest BCUT2D eigenvalue weighted by Gasteiger charge is -2.02. The normalized spacial score (nSPS) is 10.1. The Morgan fingerprint density at radius 2 is 1.38 bits per heavy atom. The number of halogens is 7. The van der Waals surface area contributed by atoms with Gasteiger partial charge in [-0.05, 0) is 106 Å². The lowest BCUT2D eigenvalue weighted by Crippen LogP contribution is -1.82. The van der Waals surface area contributed by atoms with E-state index in [0.717, 1.165) is 19.0 Å². The second-order valence-electron chi connectivity index (χ2n) is 4.04. The summed E-state index contributed by atoms with van der Waals surface area (Å²) in [6.07, 6.45) is 0. The van der Waals surface area contributed by atoms with Gasteiger partial charge in [0, 0.05) is 13.4 Å². The maximum Gasteiger partial charge on any atom is 0.151 e. The first-order chi connectivity index (χ1) is 9.76. The van der Waals surface area contributed by atoms with Crippen LogP contribution in [0.4, 0.5) is 8.78 Å². The van der Waals surface area contributed by atoms with E-state index in [2.05, 4.69) is 79.6 Å². The van der Waals surface area contributed by atoms with E-state index in [1.54, 1.807) is 18.2 Å². The van der Waals surface area contributed by atoms with Crippen molar-refractivity contribution in [3.05, 3.63) is 63.6 Å². The second-order valence-corrected chi connectivity index (χ2v) is 8.31. The second kappa shape index (κ2) is 9.11. The molecule has 0 aromatic heterocycles. The summed E-state index contributed by atoms with van der Waals surface area (Å²) in [6, 6.07) is 7.08. The zero-order valence-electron chi connectivity index (χ0n) is 10.7. The highest BCUT2D eigenvalue weighted by molar-refractivity contribution is 9.13. The zero-order valence-corrected chi connectivity index (χ0v) is 18.6. The summed E-state index contributed by atoms with van der Waals surface area (Å²) in [5.41, 5.74) is 1.67. The fourth-order valence-electron chi connectivity index (χ4n) is 1.39. The van der Waals surface area contributed by atoms with Crippen LogP contribution in [0.5, 0.6) is 0 Å². The molecular formula is C14H9Br5F2. The Bertz CT molecular complexity index is 620. The van der Waals surface area contributed by atoms with Crippen LogP contribution in [-0.2, 0) is 6.67 Å². The molecule has 0 unspecified atom stereocenters. The van der Waals surface area contributed by atoms with Crippen molar-refractivity contribution in [2.75, 3.05) is 0 Å². The van der Waals surface area contributed by atoms with E-state index in [9.17, 15) is 8.78 Å². The van der Waals surface area contributed by atoms with E-state index in [1.807, 2.05) is 13.0 Å². The lowest BCUT2D eigenvalue weighted by molar-refractivity contribution is 0.483. The molecule has 114 valence electrons. The first kappa shape index (κ1) is 19.7. The highest BCUT2D eigenvalue weighted by atomic mass is 79.9. The van der Waals surface area contributed by atoms with Gasteiger partial charge in [-0.3, -0.25) is 0 Å². The molecule has 0 radical (unpaired) electrons. The summed E-state index contributed by atoms with van der Waals surface area (Å²) >= 11 is 16.0. The van der Waals surface area contributed by atoms with Gasteiger partial charge in [0.2, 0.25) is 0 Å². The van der Waals surface area contributed by atoms with Crippen LogP contribution in [0.3, 0.4) is 0 Å². The van der Waals surface area contributed by atoms with Gasteiger partial charge in [-0.2, -0.15) is 0 Å². The molecular weight excluding hydrogens is 606 g/mol. The van der Waals surface area contributed by atoms with Crippen LogP contribution in [-0.4, -0.2) is 0 Å². The molecule has 0 aliphatic carbocycles. The van der Waals surface area contributed by atoms with Gasteiger partial charge in [-0.15, -0.1) is 0 Å². The average molecular weight is 615 g/mol. The Morgan fingerprint density at radius 1 is 0.857 bits per heavy atom. The molecule has 0 fully saturated rings. The topological polar surface area (TPSA) is 0 Å². The first-order valence-corrected chi connectivity index (χ1v) is 9.53. The Morgan fingerprint density at radius 3 is 1.86 bits per heavy atom. The Hall–Kier alpha value is 0.700. The molecule has 0 N–H and O–H groups in total. The molecule has 2 aromatic rings. The van der Waals surface area contributed by atoms with E-state index < -0.39 is 6.67 Å². The van der Waals surface area contributed by atoms with Crippen molar-refractivity contribution in [3.63, 3.8) is 0 Å². The van der Waals surface area contributed by atoms with Gasteiger partial charge in [-0.25, -0.2) is 8.78 Å². The van der Waals surface area contributed by atoms with Gasteiger partial charge < -0.3 is 0 Å². The Balaban J connectivity index is 0.000000211. The van der Waals surface area contributed by atoms with Crippen molar-refractivity contribution in [2.45, 2.75) is 13.6 Å².